The molecular weight excluding hydrogens is 324 g/mol. The van der Waals surface area contributed by atoms with Crippen molar-refractivity contribution in [2.75, 3.05) is 23.4 Å². The maximum absolute atomic E-state index is 11.8. The maximum Gasteiger partial charge on any atom is 0.238 e. The smallest absolute Gasteiger partial charge is 0.238 e. The number of rotatable bonds is 8. The topological polar surface area (TPSA) is 41.1 Å². The van der Waals surface area contributed by atoms with Gasteiger partial charge in [-0.05, 0) is 52.9 Å². The molecule has 0 aliphatic carbocycles. The Kier molecular flexibility index (Phi) is 8.18. The quantitative estimate of drug-likeness (QED) is 0.709. The van der Waals surface area contributed by atoms with E-state index < -0.39 is 0 Å². The highest BCUT2D eigenvalue weighted by atomic mass is 79.9. The van der Waals surface area contributed by atoms with E-state index in [9.17, 15) is 4.79 Å². The van der Waals surface area contributed by atoms with Gasteiger partial charge in [0.25, 0.3) is 0 Å². The first-order chi connectivity index (χ1) is 9.13. The largest absolute Gasteiger partial charge is 0.324 e. The Bertz CT molecular complexity index is 401. The van der Waals surface area contributed by atoms with Crippen molar-refractivity contribution in [3.8, 4) is 0 Å². The van der Waals surface area contributed by atoms with Crippen molar-refractivity contribution < 1.29 is 4.79 Å². The predicted molar refractivity (Wildman–Crippen MR) is 87.9 cm³/mol. The van der Waals surface area contributed by atoms with Crippen LogP contribution in [0.3, 0.4) is 0 Å². The summed E-state index contributed by atoms with van der Waals surface area (Å²) in [5, 5.41) is 6.12. The first kappa shape index (κ1) is 16.5. The highest BCUT2D eigenvalue weighted by Gasteiger charge is 2.07. The van der Waals surface area contributed by atoms with Crippen molar-refractivity contribution >= 4 is 39.3 Å². The number of thioether (sulfide) groups is 1. The zero-order valence-corrected chi connectivity index (χ0v) is 13.8. The molecule has 1 atom stereocenters. The zero-order valence-electron chi connectivity index (χ0n) is 11.4. The molecule has 19 heavy (non-hydrogen) atoms. The Hall–Kier alpha value is -0.520. The molecule has 0 bridgehead atoms. The van der Waals surface area contributed by atoms with Gasteiger partial charge < -0.3 is 10.6 Å². The van der Waals surface area contributed by atoms with Gasteiger partial charge in [-0.25, -0.2) is 0 Å². The van der Waals surface area contributed by atoms with Crippen LogP contribution in [0.5, 0.6) is 0 Å². The van der Waals surface area contributed by atoms with Crippen LogP contribution < -0.4 is 10.6 Å². The van der Waals surface area contributed by atoms with E-state index in [1.807, 2.05) is 36.0 Å². The van der Waals surface area contributed by atoms with Gasteiger partial charge >= 0.3 is 0 Å². The summed E-state index contributed by atoms with van der Waals surface area (Å²) in [6.07, 6.45) is 1.08. The number of benzene rings is 1. The number of hydrogen-bond acceptors (Lipinski definition) is 3. The second kappa shape index (κ2) is 9.39. The molecule has 1 aromatic rings. The minimum Gasteiger partial charge on any atom is -0.324 e. The molecule has 1 unspecified atom stereocenters. The van der Waals surface area contributed by atoms with E-state index in [4.69, 9.17) is 0 Å². The van der Waals surface area contributed by atoms with Gasteiger partial charge in [0.2, 0.25) is 5.91 Å². The third kappa shape index (κ3) is 6.99. The summed E-state index contributed by atoms with van der Waals surface area (Å²) in [5.74, 6) is 2.27. The molecule has 5 heteroatoms. The normalized spacial score (nSPS) is 12.2. The van der Waals surface area contributed by atoms with E-state index in [0.717, 1.165) is 28.1 Å². The maximum atomic E-state index is 11.8. The molecule has 0 radical (unpaired) electrons. The SMILES string of the molecule is CCSCCC(C)NCC(=O)Nc1ccccc1Br. The molecule has 0 aliphatic heterocycles. The zero-order chi connectivity index (χ0) is 14.1. The van der Waals surface area contributed by atoms with Crippen LogP contribution in [0, 0.1) is 0 Å². The highest BCUT2D eigenvalue weighted by molar-refractivity contribution is 9.10. The van der Waals surface area contributed by atoms with Crippen molar-refractivity contribution in [3.63, 3.8) is 0 Å². The van der Waals surface area contributed by atoms with Gasteiger partial charge in [-0.2, -0.15) is 11.8 Å². The van der Waals surface area contributed by atoms with Crippen LogP contribution in [0.25, 0.3) is 0 Å². The van der Waals surface area contributed by atoms with Crippen LogP contribution in [0.15, 0.2) is 28.7 Å². The molecule has 0 fully saturated rings. The second-order valence-corrected chi connectivity index (χ2v) is 6.54. The van der Waals surface area contributed by atoms with Gasteiger partial charge in [0.1, 0.15) is 0 Å². The van der Waals surface area contributed by atoms with Gasteiger partial charge in [-0.1, -0.05) is 19.1 Å². The van der Waals surface area contributed by atoms with E-state index in [2.05, 4.69) is 40.4 Å². The lowest BCUT2D eigenvalue weighted by atomic mass is 10.2. The summed E-state index contributed by atoms with van der Waals surface area (Å²) in [7, 11) is 0. The summed E-state index contributed by atoms with van der Waals surface area (Å²) in [4.78, 5) is 11.8. The summed E-state index contributed by atoms with van der Waals surface area (Å²) in [5.41, 5.74) is 0.809. The molecule has 0 saturated carbocycles. The first-order valence-electron chi connectivity index (χ1n) is 6.49. The van der Waals surface area contributed by atoms with Crippen LogP contribution >= 0.6 is 27.7 Å². The lowest BCUT2D eigenvalue weighted by Crippen LogP contribution is -2.34. The van der Waals surface area contributed by atoms with E-state index >= 15 is 0 Å². The van der Waals surface area contributed by atoms with Crippen LogP contribution in [0.4, 0.5) is 5.69 Å². The lowest BCUT2D eigenvalue weighted by molar-refractivity contribution is -0.115. The molecule has 0 saturated heterocycles. The predicted octanol–water partition coefficient (Wildman–Crippen LogP) is 3.51. The molecule has 1 rings (SSSR count). The minimum absolute atomic E-state index is 0.0121. The average molecular weight is 345 g/mol. The van der Waals surface area contributed by atoms with E-state index in [1.54, 1.807) is 0 Å². The minimum atomic E-state index is -0.0121. The third-order valence-electron chi connectivity index (χ3n) is 2.66. The number of nitrogens with one attached hydrogen (secondary N) is 2. The van der Waals surface area contributed by atoms with E-state index in [-0.39, 0.29) is 5.91 Å². The van der Waals surface area contributed by atoms with E-state index in [0.29, 0.717) is 12.6 Å². The monoisotopic (exact) mass is 344 g/mol. The fourth-order valence-corrected chi connectivity index (χ4v) is 2.72. The molecule has 0 spiro atoms. The van der Waals surface area contributed by atoms with Crippen molar-refractivity contribution in [2.24, 2.45) is 0 Å². The highest BCUT2D eigenvalue weighted by Crippen LogP contribution is 2.20. The number of amides is 1. The molecule has 0 aromatic heterocycles. The molecule has 106 valence electrons. The summed E-state index contributed by atoms with van der Waals surface area (Å²) in [6, 6.07) is 7.98. The Balaban J connectivity index is 2.26. The summed E-state index contributed by atoms with van der Waals surface area (Å²) in [6.45, 7) is 4.62. The molecule has 3 nitrogen and oxygen atoms in total. The molecular formula is C14H21BrN2OS. The number of halogens is 1. The molecule has 0 heterocycles. The summed E-state index contributed by atoms with van der Waals surface area (Å²) >= 11 is 5.34. The fourth-order valence-electron chi connectivity index (χ4n) is 1.53. The number of carbonyl (C=O) groups is 1. The van der Waals surface area contributed by atoms with Crippen LogP contribution in [-0.2, 0) is 4.79 Å². The molecule has 1 amide bonds. The first-order valence-corrected chi connectivity index (χ1v) is 8.43. The summed E-state index contributed by atoms with van der Waals surface area (Å²) < 4.78 is 0.899. The third-order valence-corrected chi connectivity index (χ3v) is 4.28. The van der Waals surface area contributed by atoms with Gasteiger partial charge in [0.15, 0.2) is 0 Å². The van der Waals surface area contributed by atoms with Crippen molar-refractivity contribution in [3.05, 3.63) is 28.7 Å². The molecule has 2 N–H and O–H groups in total. The lowest BCUT2D eigenvalue weighted by Gasteiger charge is -2.13. The Morgan fingerprint density at radius 1 is 1.42 bits per heavy atom. The molecule has 1 aromatic carbocycles. The van der Waals surface area contributed by atoms with Gasteiger partial charge in [-0.3, -0.25) is 4.79 Å². The van der Waals surface area contributed by atoms with Crippen molar-refractivity contribution in [1.82, 2.24) is 5.32 Å². The number of hydrogen-bond donors (Lipinski definition) is 2. The Morgan fingerprint density at radius 2 is 2.16 bits per heavy atom. The van der Waals surface area contributed by atoms with Crippen LogP contribution in [-0.4, -0.2) is 30.0 Å². The molecule has 0 aliphatic rings. The Labute approximate surface area is 128 Å². The standard InChI is InChI=1S/C14H21BrN2OS/c1-3-19-9-8-11(2)16-10-14(18)17-13-7-5-4-6-12(13)15/h4-7,11,16H,3,8-10H2,1-2H3,(H,17,18). The van der Waals surface area contributed by atoms with Gasteiger partial charge in [-0.15, -0.1) is 0 Å². The van der Waals surface area contributed by atoms with Crippen molar-refractivity contribution in [1.29, 1.82) is 0 Å². The average Bonchev–Trinajstić information content (AvgIpc) is 2.39. The number of para-hydroxylation sites is 1. The van der Waals surface area contributed by atoms with Crippen molar-refractivity contribution in [2.45, 2.75) is 26.3 Å². The second-order valence-electron chi connectivity index (χ2n) is 4.30. The van der Waals surface area contributed by atoms with Gasteiger partial charge in [0, 0.05) is 10.5 Å². The van der Waals surface area contributed by atoms with Crippen LogP contribution in [0.2, 0.25) is 0 Å². The fraction of sp³-hybridized carbons (Fsp3) is 0.500. The number of anilines is 1. The number of carbonyl (C=O) groups excluding carboxylic acids is 1. The Morgan fingerprint density at radius 3 is 2.84 bits per heavy atom. The van der Waals surface area contributed by atoms with E-state index in [1.165, 1.54) is 0 Å². The van der Waals surface area contributed by atoms with Crippen LogP contribution in [0.1, 0.15) is 20.3 Å². The van der Waals surface area contributed by atoms with Gasteiger partial charge in [0.05, 0.1) is 12.2 Å².